The largest absolute Gasteiger partial charge is 0.451 e. The highest BCUT2D eigenvalue weighted by atomic mass is 79.9. The van der Waals surface area contributed by atoms with Gasteiger partial charge in [-0.05, 0) is 24.3 Å². The van der Waals surface area contributed by atoms with Gasteiger partial charge >= 0.3 is 5.97 Å². The van der Waals surface area contributed by atoms with Crippen molar-refractivity contribution in [2.75, 3.05) is 0 Å². The second-order valence-electron chi connectivity index (χ2n) is 4.20. The molecule has 0 fully saturated rings. The van der Waals surface area contributed by atoms with E-state index in [4.69, 9.17) is 20.9 Å². The van der Waals surface area contributed by atoms with E-state index in [-0.39, 0.29) is 12.5 Å². The van der Waals surface area contributed by atoms with Crippen LogP contribution >= 0.6 is 38.9 Å². The maximum Gasteiger partial charge on any atom is 0.348 e. The van der Waals surface area contributed by atoms with E-state index in [0.29, 0.717) is 15.0 Å². The second kappa shape index (κ2) is 6.60. The van der Waals surface area contributed by atoms with Crippen LogP contribution < -0.4 is 0 Å². The number of hydrogen-bond acceptors (Lipinski definition) is 6. The number of carbonyl (C=O) groups is 1. The number of rotatable bonds is 4. The predicted molar refractivity (Wildman–Crippen MR) is 85.9 cm³/mol. The third-order valence-corrected chi connectivity index (χ3v) is 4.36. The molecule has 0 radical (unpaired) electrons. The van der Waals surface area contributed by atoms with Crippen LogP contribution in [0.25, 0.3) is 11.4 Å². The molecule has 8 heteroatoms. The first-order chi connectivity index (χ1) is 10.6. The summed E-state index contributed by atoms with van der Waals surface area (Å²) in [6.45, 7) is -0.0879. The lowest BCUT2D eigenvalue weighted by Gasteiger charge is -1.98. The van der Waals surface area contributed by atoms with Gasteiger partial charge in [-0.25, -0.2) is 4.79 Å². The van der Waals surface area contributed by atoms with E-state index in [9.17, 15) is 4.79 Å². The van der Waals surface area contributed by atoms with Crippen molar-refractivity contribution in [3.63, 3.8) is 0 Å². The van der Waals surface area contributed by atoms with Gasteiger partial charge in [-0.3, -0.25) is 0 Å². The number of esters is 1. The Kier molecular flexibility index (Phi) is 4.56. The molecule has 1 aromatic carbocycles. The molecule has 2 aromatic heterocycles. The fraction of sp³-hybridized carbons (Fsp3) is 0.0714. The molecule has 0 saturated carbocycles. The Hall–Kier alpha value is -1.70. The van der Waals surface area contributed by atoms with Crippen LogP contribution in [0.15, 0.2) is 45.4 Å². The Bertz CT molecular complexity index is 818. The van der Waals surface area contributed by atoms with E-state index >= 15 is 0 Å². The van der Waals surface area contributed by atoms with Gasteiger partial charge < -0.3 is 9.26 Å². The van der Waals surface area contributed by atoms with Crippen LogP contribution in [0, 0.1) is 0 Å². The Morgan fingerprint density at radius 3 is 2.95 bits per heavy atom. The summed E-state index contributed by atoms with van der Waals surface area (Å²) in [6, 6.07) is 10.7. The van der Waals surface area contributed by atoms with Crippen molar-refractivity contribution in [2.45, 2.75) is 6.61 Å². The zero-order valence-electron chi connectivity index (χ0n) is 11.0. The Morgan fingerprint density at radius 1 is 1.36 bits per heavy atom. The molecule has 0 aliphatic carbocycles. The third kappa shape index (κ3) is 3.55. The fourth-order valence-corrected chi connectivity index (χ4v) is 3.02. The predicted octanol–water partition coefficient (Wildman–Crippen LogP) is 4.57. The number of benzene rings is 1. The molecule has 3 rings (SSSR count). The van der Waals surface area contributed by atoms with E-state index in [1.807, 2.05) is 24.3 Å². The first-order valence-corrected chi connectivity index (χ1v) is 8.11. The number of carbonyl (C=O) groups excluding carboxylic acids is 1. The summed E-state index contributed by atoms with van der Waals surface area (Å²) in [5, 5.41) is 3.87. The highest BCUT2D eigenvalue weighted by Crippen LogP contribution is 2.23. The summed E-state index contributed by atoms with van der Waals surface area (Å²) in [6.07, 6.45) is 0. The Morgan fingerprint density at radius 2 is 2.23 bits per heavy atom. The van der Waals surface area contributed by atoms with Gasteiger partial charge in [-0.2, -0.15) is 4.98 Å². The molecule has 0 atom stereocenters. The van der Waals surface area contributed by atoms with Crippen LogP contribution in [0.3, 0.4) is 0 Å². The smallest absolute Gasteiger partial charge is 0.348 e. The summed E-state index contributed by atoms with van der Waals surface area (Å²) >= 11 is 10.3. The highest BCUT2D eigenvalue weighted by Gasteiger charge is 2.14. The van der Waals surface area contributed by atoms with E-state index in [1.165, 1.54) is 0 Å². The fourth-order valence-electron chi connectivity index (χ4n) is 1.68. The van der Waals surface area contributed by atoms with Crippen LogP contribution in [0.2, 0.25) is 4.34 Å². The van der Waals surface area contributed by atoms with Gasteiger partial charge in [0.2, 0.25) is 5.82 Å². The topological polar surface area (TPSA) is 65.2 Å². The van der Waals surface area contributed by atoms with Crippen molar-refractivity contribution in [2.24, 2.45) is 0 Å². The number of thiophene rings is 1. The summed E-state index contributed by atoms with van der Waals surface area (Å²) in [4.78, 5) is 16.4. The van der Waals surface area contributed by atoms with E-state index < -0.39 is 5.97 Å². The van der Waals surface area contributed by atoms with Gasteiger partial charge in [0.25, 0.3) is 5.89 Å². The minimum absolute atomic E-state index is 0.0879. The first kappa shape index (κ1) is 15.2. The Labute approximate surface area is 143 Å². The zero-order chi connectivity index (χ0) is 15.5. The number of nitrogens with zero attached hydrogens (tertiary/aromatic N) is 2. The molecular weight excluding hydrogens is 392 g/mol. The number of hydrogen-bond donors (Lipinski definition) is 0. The quantitative estimate of drug-likeness (QED) is 0.601. The molecule has 0 aliphatic heterocycles. The van der Waals surface area contributed by atoms with Gasteiger partial charge in [0.05, 0.1) is 4.34 Å². The molecule has 0 aliphatic rings. The van der Waals surface area contributed by atoms with Gasteiger partial charge in [-0.15, -0.1) is 11.3 Å². The van der Waals surface area contributed by atoms with Gasteiger partial charge in [0, 0.05) is 10.0 Å². The minimum Gasteiger partial charge on any atom is -0.451 e. The second-order valence-corrected chi connectivity index (χ2v) is 6.83. The third-order valence-electron chi connectivity index (χ3n) is 2.65. The highest BCUT2D eigenvalue weighted by molar-refractivity contribution is 9.10. The van der Waals surface area contributed by atoms with E-state index in [2.05, 4.69) is 26.1 Å². The molecule has 0 bridgehead atoms. The van der Waals surface area contributed by atoms with Crippen LogP contribution in [0.1, 0.15) is 15.6 Å². The van der Waals surface area contributed by atoms with Crippen LogP contribution in [-0.4, -0.2) is 16.1 Å². The average Bonchev–Trinajstić information content (AvgIpc) is 3.14. The van der Waals surface area contributed by atoms with Crippen molar-refractivity contribution >= 4 is 44.8 Å². The van der Waals surface area contributed by atoms with Crippen molar-refractivity contribution in [1.82, 2.24) is 10.1 Å². The molecule has 0 N–H and O–H groups in total. The van der Waals surface area contributed by atoms with Gasteiger partial charge in [0.1, 0.15) is 4.88 Å². The molecule has 0 saturated heterocycles. The van der Waals surface area contributed by atoms with Gasteiger partial charge in [0.15, 0.2) is 6.61 Å². The molecule has 0 amide bonds. The molecule has 3 aromatic rings. The number of ether oxygens (including phenoxy) is 1. The van der Waals surface area contributed by atoms with Crippen molar-refractivity contribution < 1.29 is 14.1 Å². The maximum atomic E-state index is 11.8. The lowest BCUT2D eigenvalue weighted by atomic mass is 10.2. The standard InChI is InChI=1S/C14H8BrClN2O3S/c15-9-3-1-2-8(6-9)13-17-12(21-18-13)7-20-14(19)10-4-5-11(16)22-10/h1-6H,7H2. The SMILES string of the molecule is O=C(OCc1nc(-c2cccc(Br)c2)no1)c1ccc(Cl)s1. The molecule has 0 unspecified atom stereocenters. The zero-order valence-corrected chi connectivity index (χ0v) is 14.1. The molecule has 2 heterocycles. The van der Waals surface area contributed by atoms with Crippen LogP contribution in [-0.2, 0) is 11.3 Å². The molecule has 5 nitrogen and oxygen atoms in total. The van der Waals surface area contributed by atoms with Crippen molar-refractivity contribution in [1.29, 1.82) is 0 Å². The molecular formula is C14H8BrClN2O3S. The lowest BCUT2D eigenvalue weighted by molar-refractivity contribution is 0.0435. The van der Waals surface area contributed by atoms with Crippen LogP contribution in [0.5, 0.6) is 0 Å². The number of halogens is 2. The summed E-state index contributed by atoms with van der Waals surface area (Å²) < 4.78 is 11.6. The Balaban J connectivity index is 1.66. The average molecular weight is 400 g/mol. The van der Waals surface area contributed by atoms with Crippen LogP contribution in [0.4, 0.5) is 0 Å². The first-order valence-electron chi connectivity index (χ1n) is 6.13. The summed E-state index contributed by atoms with van der Waals surface area (Å²) in [7, 11) is 0. The molecule has 22 heavy (non-hydrogen) atoms. The summed E-state index contributed by atoms with van der Waals surface area (Å²) in [5.41, 5.74) is 0.806. The van der Waals surface area contributed by atoms with Crippen molar-refractivity contribution in [3.05, 3.63) is 56.0 Å². The monoisotopic (exact) mass is 398 g/mol. The molecule has 0 spiro atoms. The summed E-state index contributed by atoms with van der Waals surface area (Å²) in [5.74, 6) is 0.191. The maximum absolute atomic E-state index is 11.8. The van der Waals surface area contributed by atoms with Gasteiger partial charge in [-0.1, -0.05) is 44.8 Å². The van der Waals surface area contributed by atoms with E-state index in [1.54, 1.807) is 12.1 Å². The minimum atomic E-state index is -0.473. The molecule has 112 valence electrons. The van der Waals surface area contributed by atoms with E-state index in [0.717, 1.165) is 21.4 Å². The van der Waals surface area contributed by atoms with Crippen molar-refractivity contribution in [3.8, 4) is 11.4 Å². The number of aromatic nitrogens is 2. The normalized spacial score (nSPS) is 10.6. The lowest BCUT2D eigenvalue weighted by Crippen LogP contribution is -2.03.